The van der Waals surface area contributed by atoms with E-state index in [1.165, 1.54) is 0 Å². The van der Waals surface area contributed by atoms with Crippen molar-refractivity contribution in [2.75, 3.05) is 20.3 Å². The Morgan fingerprint density at radius 2 is 2.40 bits per heavy atom. The Bertz CT molecular complexity index is 130. The molecule has 0 aromatic rings. The van der Waals surface area contributed by atoms with Gasteiger partial charge in [0.25, 0.3) is 0 Å². The summed E-state index contributed by atoms with van der Waals surface area (Å²) in [6.07, 6.45) is 1.80. The normalized spacial score (nSPS) is 32.2. The van der Waals surface area contributed by atoms with Gasteiger partial charge < -0.3 is 9.64 Å². The van der Waals surface area contributed by atoms with Gasteiger partial charge in [0.2, 0.25) is 6.41 Å². The van der Waals surface area contributed by atoms with Gasteiger partial charge in [-0.3, -0.25) is 4.79 Å². The van der Waals surface area contributed by atoms with Gasteiger partial charge in [0.1, 0.15) is 0 Å². The summed E-state index contributed by atoms with van der Waals surface area (Å²) < 4.78 is 5.18. The fraction of sp³-hybridized carbons (Fsp3) is 0.857. The van der Waals surface area contributed by atoms with Gasteiger partial charge in [-0.2, -0.15) is 0 Å². The molecule has 58 valence electrons. The molecule has 0 spiro atoms. The smallest absolute Gasteiger partial charge is 0.209 e. The molecule has 0 radical (unpaired) electrons. The number of hydrogen-bond donors (Lipinski definition) is 0. The van der Waals surface area contributed by atoms with Crippen LogP contribution in [0.25, 0.3) is 0 Å². The zero-order valence-corrected chi connectivity index (χ0v) is 6.46. The van der Waals surface area contributed by atoms with Gasteiger partial charge in [0.05, 0.1) is 12.1 Å². The van der Waals surface area contributed by atoms with Crippen LogP contribution in [0.2, 0.25) is 0 Å². The van der Waals surface area contributed by atoms with Gasteiger partial charge in [-0.25, -0.2) is 0 Å². The van der Waals surface area contributed by atoms with Gasteiger partial charge in [0.15, 0.2) is 0 Å². The quantitative estimate of drug-likeness (QED) is 0.519. The van der Waals surface area contributed by atoms with Gasteiger partial charge >= 0.3 is 0 Å². The van der Waals surface area contributed by atoms with E-state index in [4.69, 9.17) is 4.74 Å². The molecule has 0 N–H and O–H groups in total. The Kier molecular flexibility index (Phi) is 1.94. The van der Waals surface area contributed by atoms with Crippen LogP contribution in [0.3, 0.4) is 0 Å². The van der Waals surface area contributed by atoms with E-state index in [1.807, 2.05) is 6.92 Å². The van der Waals surface area contributed by atoms with E-state index in [2.05, 4.69) is 0 Å². The summed E-state index contributed by atoms with van der Waals surface area (Å²) >= 11 is 0. The number of rotatable bonds is 2. The first-order chi connectivity index (χ1) is 4.69. The van der Waals surface area contributed by atoms with Crippen LogP contribution < -0.4 is 0 Å². The maximum atomic E-state index is 10.4. The maximum Gasteiger partial charge on any atom is 0.209 e. The molecule has 1 heterocycles. The summed E-state index contributed by atoms with van der Waals surface area (Å²) in [5.74, 6) is 0. The number of ether oxygens (including phenoxy) is 1. The van der Waals surface area contributed by atoms with Crippen LogP contribution in [-0.2, 0) is 9.53 Å². The minimum Gasteiger partial charge on any atom is -0.379 e. The average Bonchev–Trinajstić information content (AvgIpc) is 2.36. The van der Waals surface area contributed by atoms with Crippen molar-refractivity contribution in [2.45, 2.75) is 18.9 Å². The van der Waals surface area contributed by atoms with Crippen molar-refractivity contribution in [1.82, 2.24) is 4.90 Å². The molecule has 1 fully saturated rings. The van der Waals surface area contributed by atoms with E-state index in [-0.39, 0.29) is 5.54 Å². The second-order valence-electron chi connectivity index (χ2n) is 3.02. The fourth-order valence-electron chi connectivity index (χ4n) is 1.06. The lowest BCUT2D eigenvalue weighted by Crippen LogP contribution is -2.43. The number of amides is 1. The first-order valence-electron chi connectivity index (χ1n) is 3.45. The summed E-state index contributed by atoms with van der Waals surface area (Å²) in [4.78, 5) is 12.0. The van der Waals surface area contributed by atoms with Gasteiger partial charge in [-0.15, -0.1) is 0 Å². The molecular weight excluding hydrogens is 130 g/mol. The Morgan fingerprint density at radius 3 is 2.80 bits per heavy atom. The highest BCUT2D eigenvalue weighted by Crippen LogP contribution is 2.22. The molecule has 3 heteroatoms. The molecule has 1 atom stereocenters. The lowest BCUT2D eigenvalue weighted by atomic mass is 10.0. The van der Waals surface area contributed by atoms with E-state index >= 15 is 0 Å². The SMILES string of the molecule is CN(C=O)C1(C)CCOC1. The Labute approximate surface area is 61.0 Å². The van der Waals surface area contributed by atoms with Crippen LogP contribution in [-0.4, -0.2) is 37.1 Å². The van der Waals surface area contributed by atoms with Crippen LogP contribution in [0.15, 0.2) is 0 Å². The van der Waals surface area contributed by atoms with E-state index in [0.717, 1.165) is 19.4 Å². The summed E-state index contributed by atoms with van der Waals surface area (Å²) in [7, 11) is 1.79. The Hall–Kier alpha value is -0.570. The minimum absolute atomic E-state index is 0.0538. The third kappa shape index (κ3) is 1.14. The second-order valence-corrected chi connectivity index (χ2v) is 3.02. The molecule has 1 unspecified atom stereocenters. The summed E-state index contributed by atoms with van der Waals surface area (Å²) in [5.41, 5.74) is -0.0538. The monoisotopic (exact) mass is 143 g/mol. The van der Waals surface area contributed by atoms with E-state index in [9.17, 15) is 4.79 Å². The van der Waals surface area contributed by atoms with Crippen molar-refractivity contribution in [3.05, 3.63) is 0 Å². The van der Waals surface area contributed by atoms with Crippen molar-refractivity contribution in [3.8, 4) is 0 Å². The van der Waals surface area contributed by atoms with Crippen LogP contribution in [0.1, 0.15) is 13.3 Å². The molecule has 10 heavy (non-hydrogen) atoms. The van der Waals surface area contributed by atoms with Crippen molar-refractivity contribution in [2.24, 2.45) is 0 Å². The van der Waals surface area contributed by atoms with E-state index < -0.39 is 0 Å². The lowest BCUT2D eigenvalue weighted by Gasteiger charge is -2.30. The maximum absolute atomic E-state index is 10.4. The standard InChI is InChI=1S/C7H13NO2/c1-7(8(2)6-9)3-4-10-5-7/h6H,3-5H2,1-2H3. The first kappa shape index (κ1) is 7.54. The third-order valence-corrected chi connectivity index (χ3v) is 2.21. The van der Waals surface area contributed by atoms with Crippen molar-refractivity contribution < 1.29 is 9.53 Å². The van der Waals surface area contributed by atoms with E-state index in [1.54, 1.807) is 11.9 Å². The highest BCUT2D eigenvalue weighted by atomic mass is 16.5. The zero-order chi connectivity index (χ0) is 7.61. The molecular formula is C7H13NO2. The van der Waals surface area contributed by atoms with Crippen LogP contribution >= 0.6 is 0 Å². The van der Waals surface area contributed by atoms with Crippen LogP contribution in [0, 0.1) is 0 Å². The highest BCUT2D eigenvalue weighted by Gasteiger charge is 2.32. The molecule has 1 saturated heterocycles. The van der Waals surface area contributed by atoms with Gasteiger partial charge in [-0.1, -0.05) is 0 Å². The molecule has 1 amide bonds. The zero-order valence-electron chi connectivity index (χ0n) is 6.46. The number of carbonyl (C=O) groups is 1. The third-order valence-electron chi connectivity index (χ3n) is 2.21. The topological polar surface area (TPSA) is 29.5 Å². The highest BCUT2D eigenvalue weighted by molar-refractivity contribution is 5.48. The summed E-state index contributed by atoms with van der Waals surface area (Å²) in [6.45, 7) is 3.48. The minimum atomic E-state index is -0.0538. The Balaban J connectivity index is 2.57. The molecule has 0 aromatic heterocycles. The molecule has 0 aliphatic carbocycles. The van der Waals surface area contributed by atoms with Crippen LogP contribution in [0.5, 0.6) is 0 Å². The molecule has 1 aliphatic heterocycles. The summed E-state index contributed by atoms with van der Waals surface area (Å²) in [6, 6.07) is 0. The van der Waals surface area contributed by atoms with Crippen molar-refractivity contribution >= 4 is 6.41 Å². The van der Waals surface area contributed by atoms with Gasteiger partial charge in [0, 0.05) is 13.7 Å². The predicted molar refractivity (Wildman–Crippen MR) is 37.7 cm³/mol. The number of carbonyl (C=O) groups excluding carboxylic acids is 1. The molecule has 0 saturated carbocycles. The lowest BCUT2D eigenvalue weighted by molar-refractivity contribution is -0.121. The number of likely N-dealkylation sites (N-methyl/N-ethyl adjacent to an activating group) is 1. The molecule has 1 aliphatic rings. The number of nitrogens with zero attached hydrogens (tertiary/aromatic N) is 1. The van der Waals surface area contributed by atoms with Crippen molar-refractivity contribution in [1.29, 1.82) is 0 Å². The fourth-order valence-corrected chi connectivity index (χ4v) is 1.06. The van der Waals surface area contributed by atoms with Gasteiger partial charge in [-0.05, 0) is 13.3 Å². The number of hydrogen-bond acceptors (Lipinski definition) is 2. The Morgan fingerprint density at radius 1 is 1.70 bits per heavy atom. The molecule has 1 rings (SSSR count). The molecule has 0 aromatic carbocycles. The van der Waals surface area contributed by atoms with Crippen LogP contribution in [0.4, 0.5) is 0 Å². The molecule has 3 nitrogen and oxygen atoms in total. The largest absolute Gasteiger partial charge is 0.379 e. The second kappa shape index (κ2) is 2.58. The predicted octanol–water partition coefficient (Wildman–Crippen LogP) is 0.254. The summed E-state index contributed by atoms with van der Waals surface area (Å²) in [5, 5.41) is 0. The first-order valence-corrected chi connectivity index (χ1v) is 3.45. The van der Waals surface area contributed by atoms with E-state index in [0.29, 0.717) is 6.61 Å². The molecule has 0 bridgehead atoms. The van der Waals surface area contributed by atoms with Crippen molar-refractivity contribution in [3.63, 3.8) is 0 Å². The average molecular weight is 143 g/mol.